The van der Waals surface area contributed by atoms with Gasteiger partial charge in [-0.05, 0) is 31.8 Å². The van der Waals surface area contributed by atoms with Gasteiger partial charge in [0.1, 0.15) is 0 Å². The summed E-state index contributed by atoms with van der Waals surface area (Å²) in [5.74, 6) is -0.217. The highest BCUT2D eigenvalue weighted by Gasteiger charge is 2.37. The molecule has 0 amide bonds. The Morgan fingerprint density at radius 3 is 2.37 bits per heavy atom. The van der Waals surface area contributed by atoms with Gasteiger partial charge in [0.2, 0.25) is 0 Å². The molecule has 1 rings (SSSR count). The summed E-state index contributed by atoms with van der Waals surface area (Å²) in [4.78, 5) is 11.8. The van der Waals surface area contributed by atoms with Gasteiger partial charge >= 0.3 is 5.97 Å². The van der Waals surface area contributed by atoms with Crippen molar-refractivity contribution in [3.63, 3.8) is 0 Å². The zero-order chi connectivity index (χ0) is 15.1. The quantitative estimate of drug-likeness (QED) is 0.682. The molecule has 0 radical (unpaired) electrons. The number of ether oxygens (including phenoxy) is 1. The first-order valence-electron chi connectivity index (χ1n) is 6.54. The van der Waals surface area contributed by atoms with Gasteiger partial charge in [-0.25, -0.2) is 0 Å². The Hall–Kier alpha value is -0.920. The van der Waals surface area contributed by atoms with Gasteiger partial charge in [-0.3, -0.25) is 4.79 Å². The summed E-state index contributed by atoms with van der Waals surface area (Å²) < 4.78 is 4.87. The molecule has 0 saturated heterocycles. The van der Waals surface area contributed by atoms with Crippen molar-refractivity contribution < 1.29 is 9.53 Å². The first-order chi connectivity index (χ1) is 8.93. The third-order valence-corrected chi connectivity index (χ3v) is 3.32. The molecule has 3 nitrogen and oxygen atoms in total. The fourth-order valence-corrected chi connectivity index (χ4v) is 2.37. The normalized spacial score (nSPS) is 12.2. The van der Waals surface area contributed by atoms with E-state index in [4.69, 9.17) is 4.74 Å². The molecular formula is C15H26NO2P. The monoisotopic (exact) mass is 283 g/mol. The van der Waals surface area contributed by atoms with E-state index in [2.05, 4.69) is 20.6 Å². The Kier molecular flexibility index (Phi) is 7.89. The SMILES string of the molecule is CC.CNC(c1cccc(P)c1)C(C)(C)C(=O)OC. The number of nitrogens with one attached hydrogen (secondary N) is 1. The average molecular weight is 283 g/mol. The Bertz CT molecular complexity index is 405. The van der Waals surface area contributed by atoms with E-state index in [1.54, 1.807) is 0 Å². The summed E-state index contributed by atoms with van der Waals surface area (Å²) in [6.45, 7) is 7.77. The lowest BCUT2D eigenvalue weighted by atomic mass is 9.80. The summed E-state index contributed by atoms with van der Waals surface area (Å²) in [7, 11) is 5.93. The van der Waals surface area contributed by atoms with Crippen molar-refractivity contribution >= 4 is 20.5 Å². The van der Waals surface area contributed by atoms with Crippen LogP contribution >= 0.6 is 9.24 Å². The molecular weight excluding hydrogens is 257 g/mol. The molecule has 2 unspecified atom stereocenters. The second-order valence-electron chi connectivity index (χ2n) is 4.61. The number of hydrogen-bond donors (Lipinski definition) is 1. The van der Waals surface area contributed by atoms with Gasteiger partial charge in [-0.15, -0.1) is 9.24 Å². The molecule has 4 heteroatoms. The highest BCUT2D eigenvalue weighted by Crippen LogP contribution is 2.33. The molecule has 0 saturated carbocycles. The van der Waals surface area contributed by atoms with E-state index in [1.807, 2.05) is 52.9 Å². The summed E-state index contributed by atoms with van der Waals surface area (Å²) in [5, 5.41) is 4.29. The lowest BCUT2D eigenvalue weighted by molar-refractivity contribution is -0.152. The Morgan fingerprint density at radius 2 is 1.95 bits per heavy atom. The van der Waals surface area contributed by atoms with Gasteiger partial charge in [-0.2, -0.15) is 0 Å². The van der Waals surface area contributed by atoms with Crippen LogP contribution < -0.4 is 10.6 Å². The first-order valence-corrected chi connectivity index (χ1v) is 7.12. The van der Waals surface area contributed by atoms with Crippen LogP contribution in [0.25, 0.3) is 0 Å². The second kappa shape index (κ2) is 8.29. The van der Waals surface area contributed by atoms with E-state index in [0.29, 0.717) is 0 Å². The van der Waals surface area contributed by atoms with E-state index in [9.17, 15) is 4.79 Å². The average Bonchev–Trinajstić information content (AvgIpc) is 2.40. The van der Waals surface area contributed by atoms with Crippen LogP contribution in [0.15, 0.2) is 24.3 Å². The molecule has 108 valence electrons. The standard InChI is InChI=1S/C13H20NO2P.C2H6/c1-13(2,12(15)16-4)11(14-3)9-6-5-7-10(17)8-9;1-2/h5-8,11,14H,17H2,1-4H3;1-2H3. The van der Waals surface area contributed by atoms with Gasteiger partial charge in [0.25, 0.3) is 0 Å². The highest BCUT2D eigenvalue weighted by molar-refractivity contribution is 7.27. The molecule has 0 aromatic heterocycles. The molecule has 19 heavy (non-hydrogen) atoms. The van der Waals surface area contributed by atoms with Crippen molar-refractivity contribution in [2.24, 2.45) is 5.41 Å². The van der Waals surface area contributed by atoms with Gasteiger partial charge in [0.05, 0.1) is 12.5 Å². The molecule has 0 heterocycles. The fourth-order valence-electron chi connectivity index (χ4n) is 2.06. The molecule has 1 N–H and O–H groups in total. The molecule has 1 aromatic rings. The zero-order valence-electron chi connectivity index (χ0n) is 12.8. The number of hydrogen-bond acceptors (Lipinski definition) is 3. The van der Waals surface area contributed by atoms with Crippen molar-refractivity contribution in [3.05, 3.63) is 29.8 Å². The molecule has 2 atom stereocenters. The van der Waals surface area contributed by atoms with Gasteiger partial charge in [0, 0.05) is 6.04 Å². The summed E-state index contributed by atoms with van der Waals surface area (Å²) >= 11 is 0. The molecule has 0 fully saturated rings. The van der Waals surface area contributed by atoms with Crippen LogP contribution in [-0.2, 0) is 9.53 Å². The minimum absolute atomic E-state index is 0.0737. The minimum atomic E-state index is -0.609. The number of esters is 1. The van der Waals surface area contributed by atoms with E-state index in [0.717, 1.165) is 10.9 Å². The molecule has 0 aliphatic carbocycles. The maximum absolute atomic E-state index is 11.8. The maximum atomic E-state index is 11.8. The van der Waals surface area contributed by atoms with Crippen LogP contribution in [0.5, 0.6) is 0 Å². The topological polar surface area (TPSA) is 38.3 Å². The first kappa shape index (κ1) is 18.1. The second-order valence-corrected chi connectivity index (χ2v) is 5.27. The van der Waals surface area contributed by atoms with Crippen LogP contribution in [0.4, 0.5) is 0 Å². The summed E-state index contributed by atoms with van der Waals surface area (Å²) in [6, 6.07) is 7.98. The molecule has 1 aromatic carbocycles. The van der Waals surface area contributed by atoms with E-state index in [-0.39, 0.29) is 12.0 Å². The van der Waals surface area contributed by atoms with Crippen molar-refractivity contribution in [3.8, 4) is 0 Å². The minimum Gasteiger partial charge on any atom is -0.469 e. The van der Waals surface area contributed by atoms with Crippen LogP contribution in [0.2, 0.25) is 0 Å². The lowest BCUT2D eigenvalue weighted by Crippen LogP contribution is -2.39. The Labute approximate surface area is 119 Å². The summed E-state index contributed by atoms with van der Waals surface area (Å²) in [6.07, 6.45) is 0. The number of rotatable bonds is 4. The summed E-state index contributed by atoms with van der Waals surface area (Å²) in [5.41, 5.74) is 0.470. The maximum Gasteiger partial charge on any atom is 0.313 e. The van der Waals surface area contributed by atoms with Crippen LogP contribution in [0.3, 0.4) is 0 Å². The lowest BCUT2D eigenvalue weighted by Gasteiger charge is -2.32. The third kappa shape index (κ3) is 4.59. The smallest absolute Gasteiger partial charge is 0.313 e. The third-order valence-electron chi connectivity index (χ3n) is 2.97. The molecule has 0 aliphatic heterocycles. The van der Waals surface area contributed by atoms with Crippen molar-refractivity contribution in [2.45, 2.75) is 33.7 Å². The van der Waals surface area contributed by atoms with Crippen molar-refractivity contribution in [1.82, 2.24) is 5.32 Å². The Morgan fingerprint density at radius 1 is 1.37 bits per heavy atom. The van der Waals surface area contributed by atoms with Crippen molar-refractivity contribution in [2.75, 3.05) is 14.2 Å². The zero-order valence-corrected chi connectivity index (χ0v) is 13.9. The number of benzene rings is 1. The van der Waals surface area contributed by atoms with Gasteiger partial charge in [-0.1, -0.05) is 38.1 Å². The largest absolute Gasteiger partial charge is 0.469 e. The van der Waals surface area contributed by atoms with Crippen molar-refractivity contribution in [1.29, 1.82) is 0 Å². The van der Waals surface area contributed by atoms with E-state index >= 15 is 0 Å². The number of methoxy groups -OCH3 is 1. The molecule has 0 aliphatic rings. The van der Waals surface area contributed by atoms with E-state index in [1.165, 1.54) is 7.11 Å². The highest BCUT2D eigenvalue weighted by atomic mass is 31.0. The number of carbonyl (C=O) groups excluding carboxylic acids is 1. The van der Waals surface area contributed by atoms with Crippen LogP contribution in [-0.4, -0.2) is 20.1 Å². The Balaban J connectivity index is 0.00000154. The van der Waals surface area contributed by atoms with Gasteiger partial charge < -0.3 is 10.1 Å². The molecule has 0 spiro atoms. The van der Waals surface area contributed by atoms with E-state index < -0.39 is 5.41 Å². The fraction of sp³-hybridized carbons (Fsp3) is 0.533. The predicted octanol–water partition coefficient (Wildman–Crippen LogP) is 2.67. The van der Waals surface area contributed by atoms with Crippen LogP contribution in [0, 0.1) is 5.41 Å². The predicted molar refractivity (Wildman–Crippen MR) is 84.7 cm³/mol. The number of carbonyl (C=O) groups is 1. The molecule has 0 bridgehead atoms. The van der Waals surface area contributed by atoms with Crippen LogP contribution in [0.1, 0.15) is 39.3 Å². The van der Waals surface area contributed by atoms with Gasteiger partial charge in [0.15, 0.2) is 0 Å².